The van der Waals surface area contributed by atoms with Gasteiger partial charge in [-0.05, 0) is 49.5 Å². The van der Waals surface area contributed by atoms with Gasteiger partial charge in [0.1, 0.15) is 5.82 Å². The molecule has 2 aromatic rings. The molecule has 0 radical (unpaired) electrons. The summed E-state index contributed by atoms with van der Waals surface area (Å²) in [7, 11) is 1.96. The molecule has 5 nitrogen and oxygen atoms in total. The molecule has 6 heteroatoms. The minimum atomic E-state index is 0.566. The summed E-state index contributed by atoms with van der Waals surface area (Å²) in [5.74, 6) is 2.22. The maximum absolute atomic E-state index is 4.83. The van der Waals surface area contributed by atoms with E-state index in [4.69, 9.17) is 9.97 Å². The Hall–Kier alpha value is -1.43. The lowest BCUT2D eigenvalue weighted by atomic mass is 10.1. The number of halogens is 1. The molecule has 0 aliphatic heterocycles. The van der Waals surface area contributed by atoms with Gasteiger partial charge >= 0.3 is 0 Å². The molecule has 0 amide bonds. The van der Waals surface area contributed by atoms with Crippen LogP contribution in [0.3, 0.4) is 0 Å². The van der Waals surface area contributed by atoms with E-state index in [1.807, 2.05) is 18.7 Å². The zero-order valence-electron chi connectivity index (χ0n) is 12.9. The first-order valence-corrected chi connectivity index (χ1v) is 8.14. The van der Waals surface area contributed by atoms with Crippen LogP contribution in [0, 0.1) is 13.8 Å². The van der Waals surface area contributed by atoms with Gasteiger partial charge in [-0.25, -0.2) is 9.97 Å². The summed E-state index contributed by atoms with van der Waals surface area (Å²) in [6, 6.07) is 0. The van der Waals surface area contributed by atoms with Gasteiger partial charge in [0.15, 0.2) is 5.82 Å². The SMILES string of the molecule is CCNc1nc(-c2c(C)nn(C)c2C)nc(C2CC2)c1Br. The zero-order chi connectivity index (χ0) is 15.1. The fourth-order valence-corrected chi connectivity index (χ4v) is 3.23. The molecule has 1 fully saturated rings. The Morgan fingerprint density at radius 1 is 1.29 bits per heavy atom. The maximum Gasteiger partial charge on any atom is 0.165 e. The molecule has 0 atom stereocenters. The van der Waals surface area contributed by atoms with Crippen LogP contribution in [0.4, 0.5) is 5.82 Å². The van der Waals surface area contributed by atoms with E-state index in [0.29, 0.717) is 5.92 Å². The molecular weight excluding hydrogens is 330 g/mol. The van der Waals surface area contributed by atoms with Gasteiger partial charge in [0.2, 0.25) is 0 Å². The topological polar surface area (TPSA) is 55.6 Å². The lowest BCUT2D eigenvalue weighted by molar-refractivity contribution is 0.731. The Bertz CT molecular complexity index is 688. The lowest BCUT2D eigenvalue weighted by Gasteiger charge is -2.12. The fourth-order valence-electron chi connectivity index (χ4n) is 2.59. The minimum absolute atomic E-state index is 0.566. The molecule has 2 aromatic heterocycles. The normalized spacial score (nSPS) is 14.5. The monoisotopic (exact) mass is 349 g/mol. The van der Waals surface area contributed by atoms with Crippen LogP contribution in [0.25, 0.3) is 11.4 Å². The summed E-state index contributed by atoms with van der Waals surface area (Å²) in [6.07, 6.45) is 2.43. The molecule has 0 spiro atoms. The molecule has 0 bridgehead atoms. The molecule has 3 rings (SSSR count). The number of anilines is 1. The molecular formula is C15H20BrN5. The van der Waals surface area contributed by atoms with Gasteiger partial charge in [0, 0.05) is 25.2 Å². The molecule has 0 aromatic carbocycles. The molecule has 1 aliphatic rings. The first kappa shape index (κ1) is 14.5. The predicted octanol–water partition coefficient (Wildman–Crippen LogP) is 3.57. The van der Waals surface area contributed by atoms with Crippen molar-refractivity contribution in [3.63, 3.8) is 0 Å². The summed E-state index contributed by atoms with van der Waals surface area (Å²) in [5.41, 5.74) is 4.24. The maximum atomic E-state index is 4.83. The zero-order valence-corrected chi connectivity index (χ0v) is 14.5. The van der Waals surface area contributed by atoms with Crippen molar-refractivity contribution in [3.8, 4) is 11.4 Å². The van der Waals surface area contributed by atoms with Gasteiger partial charge in [-0.3, -0.25) is 4.68 Å². The van der Waals surface area contributed by atoms with Crippen molar-refractivity contribution in [2.24, 2.45) is 7.05 Å². The third kappa shape index (κ3) is 2.57. The van der Waals surface area contributed by atoms with Crippen LogP contribution in [0.15, 0.2) is 4.47 Å². The quantitative estimate of drug-likeness (QED) is 0.916. The molecule has 1 saturated carbocycles. The van der Waals surface area contributed by atoms with Crippen molar-refractivity contribution in [2.75, 3.05) is 11.9 Å². The first-order chi connectivity index (χ1) is 10.0. The van der Waals surface area contributed by atoms with Crippen molar-refractivity contribution in [1.82, 2.24) is 19.7 Å². The standard InChI is InChI=1S/C15H20BrN5/c1-5-17-15-12(16)13(10-6-7-10)18-14(19-15)11-8(2)20-21(4)9(11)3/h10H,5-7H2,1-4H3,(H,17,18,19). The largest absolute Gasteiger partial charge is 0.369 e. The number of hydrogen-bond donors (Lipinski definition) is 1. The third-order valence-corrected chi connectivity index (χ3v) is 4.70. The van der Waals surface area contributed by atoms with E-state index in [-0.39, 0.29) is 0 Å². The highest BCUT2D eigenvalue weighted by molar-refractivity contribution is 9.10. The highest BCUT2D eigenvalue weighted by atomic mass is 79.9. The first-order valence-electron chi connectivity index (χ1n) is 7.34. The molecule has 112 valence electrons. The molecule has 0 unspecified atom stereocenters. The fraction of sp³-hybridized carbons (Fsp3) is 0.533. The van der Waals surface area contributed by atoms with Gasteiger partial charge in [-0.15, -0.1) is 0 Å². The van der Waals surface area contributed by atoms with Crippen molar-refractivity contribution < 1.29 is 0 Å². The molecule has 2 heterocycles. The van der Waals surface area contributed by atoms with Crippen molar-refractivity contribution in [2.45, 2.75) is 39.5 Å². The van der Waals surface area contributed by atoms with Gasteiger partial charge in [0.05, 0.1) is 21.4 Å². The predicted molar refractivity (Wildman–Crippen MR) is 87.5 cm³/mol. The van der Waals surface area contributed by atoms with Crippen LogP contribution in [-0.2, 0) is 7.05 Å². The van der Waals surface area contributed by atoms with E-state index < -0.39 is 0 Å². The Morgan fingerprint density at radius 3 is 2.52 bits per heavy atom. The highest BCUT2D eigenvalue weighted by Gasteiger charge is 2.30. The van der Waals surface area contributed by atoms with E-state index >= 15 is 0 Å². The number of hydrogen-bond acceptors (Lipinski definition) is 4. The Balaban J connectivity index is 2.17. The van der Waals surface area contributed by atoms with E-state index in [0.717, 1.165) is 45.3 Å². The second-order valence-electron chi connectivity index (χ2n) is 5.57. The van der Waals surface area contributed by atoms with E-state index in [1.165, 1.54) is 12.8 Å². The van der Waals surface area contributed by atoms with Crippen LogP contribution < -0.4 is 5.32 Å². The molecule has 1 N–H and O–H groups in total. The van der Waals surface area contributed by atoms with E-state index in [2.05, 4.69) is 40.2 Å². The van der Waals surface area contributed by atoms with Crippen LogP contribution in [-0.4, -0.2) is 26.3 Å². The number of nitrogens with zero attached hydrogens (tertiary/aromatic N) is 4. The average molecular weight is 350 g/mol. The van der Waals surface area contributed by atoms with Gasteiger partial charge in [-0.1, -0.05) is 0 Å². The van der Waals surface area contributed by atoms with Gasteiger partial charge < -0.3 is 5.32 Å². The third-order valence-electron chi connectivity index (χ3n) is 3.92. The Morgan fingerprint density at radius 2 is 2.00 bits per heavy atom. The Labute approximate surface area is 133 Å². The number of aryl methyl sites for hydroxylation is 2. The van der Waals surface area contributed by atoms with Crippen molar-refractivity contribution >= 4 is 21.7 Å². The number of nitrogens with one attached hydrogen (secondary N) is 1. The molecule has 21 heavy (non-hydrogen) atoms. The van der Waals surface area contributed by atoms with Gasteiger partial charge in [-0.2, -0.15) is 5.10 Å². The van der Waals surface area contributed by atoms with E-state index in [1.54, 1.807) is 0 Å². The summed E-state index contributed by atoms with van der Waals surface area (Å²) in [5, 5.41) is 7.81. The van der Waals surface area contributed by atoms with Gasteiger partial charge in [0.25, 0.3) is 0 Å². The Kier molecular flexibility index (Phi) is 3.73. The molecule has 0 saturated heterocycles. The van der Waals surface area contributed by atoms with Crippen molar-refractivity contribution in [1.29, 1.82) is 0 Å². The summed E-state index contributed by atoms with van der Waals surface area (Å²) in [4.78, 5) is 9.55. The summed E-state index contributed by atoms with van der Waals surface area (Å²) < 4.78 is 2.90. The average Bonchev–Trinajstić information content (AvgIpc) is 3.22. The second kappa shape index (κ2) is 5.40. The minimum Gasteiger partial charge on any atom is -0.369 e. The summed E-state index contributed by atoms with van der Waals surface area (Å²) >= 11 is 3.66. The second-order valence-corrected chi connectivity index (χ2v) is 6.36. The van der Waals surface area contributed by atoms with E-state index in [9.17, 15) is 0 Å². The van der Waals surface area contributed by atoms with Crippen LogP contribution >= 0.6 is 15.9 Å². The summed E-state index contributed by atoms with van der Waals surface area (Å²) in [6.45, 7) is 6.98. The van der Waals surface area contributed by atoms with Crippen LogP contribution in [0.5, 0.6) is 0 Å². The lowest BCUT2D eigenvalue weighted by Crippen LogP contribution is -2.06. The van der Waals surface area contributed by atoms with Crippen LogP contribution in [0.2, 0.25) is 0 Å². The van der Waals surface area contributed by atoms with Crippen LogP contribution in [0.1, 0.15) is 42.8 Å². The number of aromatic nitrogens is 4. The van der Waals surface area contributed by atoms with Crippen molar-refractivity contribution in [3.05, 3.63) is 21.6 Å². The molecule has 1 aliphatic carbocycles. The highest BCUT2D eigenvalue weighted by Crippen LogP contribution is 2.44. The number of rotatable bonds is 4. The smallest absolute Gasteiger partial charge is 0.165 e.